The van der Waals surface area contributed by atoms with Gasteiger partial charge >= 0.3 is 0 Å². The highest BCUT2D eigenvalue weighted by Crippen LogP contribution is 2.44. The summed E-state index contributed by atoms with van der Waals surface area (Å²) in [5, 5.41) is 10.8. The lowest BCUT2D eigenvalue weighted by Gasteiger charge is -2.40. The second kappa shape index (κ2) is 5.07. The van der Waals surface area contributed by atoms with Gasteiger partial charge in [-0.25, -0.2) is 4.39 Å². The minimum Gasteiger partial charge on any atom is -0.385 e. The molecule has 1 aromatic rings. The average Bonchev–Trinajstić information content (AvgIpc) is 2.33. The standard InChI is InChI=1S/C14H18BrFO/c1-2-10-5-3-4-8-14(10,17)12-9-11(15)6-7-13(12)16/h6-7,9-10,17H,2-5,8H2,1H3. The van der Waals surface area contributed by atoms with Gasteiger partial charge in [0, 0.05) is 10.0 Å². The molecule has 0 amide bonds. The van der Waals surface area contributed by atoms with E-state index < -0.39 is 5.60 Å². The maximum absolute atomic E-state index is 13.9. The van der Waals surface area contributed by atoms with Crippen molar-refractivity contribution in [1.29, 1.82) is 0 Å². The van der Waals surface area contributed by atoms with Crippen LogP contribution in [0.5, 0.6) is 0 Å². The van der Waals surface area contributed by atoms with E-state index in [1.165, 1.54) is 6.07 Å². The van der Waals surface area contributed by atoms with Crippen molar-refractivity contribution in [1.82, 2.24) is 0 Å². The highest BCUT2D eigenvalue weighted by atomic mass is 79.9. The summed E-state index contributed by atoms with van der Waals surface area (Å²) in [5.41, 5.74) is -0.528. The van der Waals surface area contributed by atoms with Gasteiger partial charge in [0.2, 0.25) is 0 Å². The minimum absolute atomic E-state index is 0.167. The fraction of sp³-hybridized carbons (Fsp3) is 0.571. The summed E-state index contributed by atoms with van der Waals surface area (Å²) in [6.07, 6.45) is 4.65. The molecule has 1 aromatic carbocycles. The molecule has 1 fully saturated rings. The molecule has 0 bridgehead atoms. The van der Waals surface area contributed by atoms with Crippen molar-refractivity contribution in [3.05, 3.63) is 34.1 Å². The Morgan fingerprint density at radius 3 is 2.94 bits per heavy atom. The smallest absolute Gasteiger partial charge is 0.129 e. The third-order valence-electron chi connectivity index (χ3n) is 3.92. The molecule has 1 nitrogen and oxygen atoms in total. The third-order valence-corrected chi connectivity index (χ3v) is 4.42. The van der Waals surface area contributed by atoms with Crippen LogP contribution in [0.2, 0.25) is 0 Å². The summed E-state index contributed by atoms with van der Waals surface area (Å²) >= 11 is 3.35. The van der Waals surface area contributed by atoms with Gasteiger partial charge in [0.1, 0.15) is 5.82 Å². The highest BCUT2D eigenvalue weighted by Gasteiger charge is 2.41. The number of hydrogen-bond donors (Lipinski definition) is 1. The molecule has 2 unspecified atom stereocenters. The summed E-state index contributed by atoms with van der Waals surface area (Å²) in [6, 6.07) is 4.83. The first-order valence-electron chi connectivity index (χ1n) is 6.26. The van der Waals surface area contributed by atoms with Crippen molar-refractivity contribution in [2.45, 2.75) is 44.6 Å². The molecule has 1 saturated carbocycles. The number of benzene rings is 1. The number of hydrogen-bond acceptors (Lipinski definition) is 1. The molecule has 0 radical (unpaired) electrons. The van der Waals surface area contributed by atoms with Gasteiger partial charge in [0.05, 0.1) is 5.60 Å². The van der Waals surface area contributed by atoms with Crippen LogP contribution in [0.15, 0.2) is 22.7 Å². The van der Waals surface area contributed by atoms with Crippen LogP contribution in [-0.4, -0.2) is 5.11 Å². The van der Waals surface area contributed by atoms with Crippen LogP contribution in [0, 0.1) is 11.7 Å². The molecule has 1 aliphatic carbocycles. The van der Waals surface area contributed by atoms with Crippen molar-refractivity contribution in [3.63, 3.8) is 0 Å². The van der Waals surface area contributed by atoms with Crippen molar-refractivity contribution in [3.8, 4) is 0 Å². The normalized spacial score (nSPS) is 29.3. The molecule has 94 valence electrons. The van der Waals surface area contributed by atoms with Crippen molar-refractivity contribution < 1.29 is 9.50 Å². The lowest BCUT2D eigenvalue weighted by Crippen LogP contribution is -2.38. The van der Waals surface area contributed by atoms with Gasteiger partial charge in [0.25, 0.3) is 0 Å². The molecule has 1 aliphatic rings. The quantitative estimate of drug-likeness (QED) is 0.859. The predicted molar refractivity (Wildman–Crippen MR) is 70.2 cm³/mol. The van der Waals surface area contributed by atoms with Crippen LogP contribution in [0.4, 0.5) is 4.39 Å². The zero-order chi connectivity index (χ0) is 12.5. The fourth-order valence-corrected chi connectivity index (χ4v) is 3.31. The zero-order valence-electron chi connectivity index (χ0n) is 10.0. The van der Waals surface area contributed by atoms with Gasteiger partial charge in [-0.1, -0.05) is 42.1 Å². The van der Waals surface area contributed by atoms with Gasteiger partial charge in [-0.2, -0.15) is 0 Å². The van der Waals surface area contributed by atoms with E-state index in [9.17, 15) is 9.50 Å². The first kappa shape index (κ1) is 13.0. The maximum Gasteiger partial charge on any atom is 0.129 e. The van der Waals surface area contributed by atoms with Gasteiger partial charge in [-0.05, 0) is 37.0 Å². The molecular formula is C14H18BrFO. The topological polar surface area (TPSA) is 20.2 Å². The summed E-state index contributed by atoms with van der Waals surface area (Å²) in [6.45, 7) is 2.07. The fourth-order valence-electron chi connectivity index (χ4n) is 2.95. The first-order valence-corrected chi connectivity index (χ1v) is 7.05. The first-order chi connectivity index (χ1) is 8.08. The Morgan fingerprint density at radius 2 is 2.24 bits per heavy atom. The summed E-state index contributed by atoms with van der Waals surface area (Å²) in [4.78, 5) is 0. The molecule has 2 atom stereocenters. The molecule has 0 heterocycles. The minimum atomic E-state index is -0.985. The van der Waals surface area contributed by atoms with Crippen molar-refractivity contribution in [2.75, 3.05) is 0 Å². The Kier molecular flexibility index (Phi) is 3.88. The lowest BCUT2D eigenvalue weighted by molar-refractivity contribution is -0.0583. The summed E-state index contributed by atoms with van der Waals surface area (Å²) in [7, 11) is 0. The molecule has 0 saturated heterocycles. The SMILES string of the molecule is CCC1CCCCC1(O)c1cc(Br)ccc1F. The number of rotatable bonds is 2. The molecular weight excluding hydrogens is 283 g/mol. The lowest BCUT2D eigenvalue weighted by atomic mass is 9.70. The second-order valence-corrected chi connectivity index (χ2v) is 5.82. The zero-order valence-corrected chi connectivity index (χ0v) is 11.6. The van der Waals surface area contributed by atoms with Gasteiger partial charge < -0.3 is 5.11 Å². The Bertz CT molecular complexity index is 407. The average molecular weight is 301 g/mol. The molecule has 0 aromatic heterocycles. The van der Waals surface area contributed by atoms with Crippen LogP contribution < -0.4 is 0 Å². The van der Waals surface area contributed by atoms with E-state index in [2.05, 4.69) is 22.9 Å². The Morgan fingerprint density at radius 1 is 1.47 bits per heavy atom. The number of halogens is 2. The van der Waals surface area contributed by atoms with Crippen LogP contribution in [0.3, 0.4) is 0 Å². The van der Waals surface area contributed by atoms with Gasteiger partial charge in [-0.15, -0.1) is 0 Å². The molecule has 3 heteroatoms. The van der Waals surface area contributed by atoms with E-state index in [1.54, 1.807) is 12.1 Å². The van der Waals surface area contributed by atoms with E-state index in [-0.39, 0.29) is 11.7 Å². The Hall–Kier alpha value is -0.410. The molecule has 1 N–H and O–H groups in total. The molecule has 0 aliphatic heterocycles. The monoisotopic (exact) mass is 300 g/mol. The molecule has 2 rings (SSSR count). The van der Waals surface area contributed by atoms with Crippen molar-refractivity contribution >= 4 is 15.9 Å². The van der Waals surface area contributed by atoms with Crippen LogP contribution in [0.1, 0.15) is 44.6 Å². The second-order valence-electron chi connectivity index (χ2n) is 4.90. The summed E-state index contributed by atoms with van der Waals surface area (Å²) < 4.78 is 14.8. The van der Waals surface area contributed by atoms with Crippen LogP contribution in [0.25, 0.3) is 0 Å². The van der Waals surface area contributed by atoms with Gasteiger partial charge in [0.15, 0.2) is 0 Å². The predicted octanol–water partition coefficient (Wildman–Crippen LogP) is 4.38. The summed E-state index contributed by atoms with van der Waals surface area (Å²) in [5.74, 6) is -0.129. The van der Waals surface area contributed by atoms with Gasteiger partial charge in [-0.3, -0.25) is 0 Å². The van der Waals surface area contributed by atoms with E-state index in [4.69, 9.17) is 0 Å². The molecule has 17 heavy (non-hydrogen) atoms. The van der Waals surface area contributed by atoms with Crippen LogP contribution >= 0.6 is 15.9 Å². The maximum atomic E-state index is 13.9. The number of aliphatic hydroxyl groups is 1. The largest absolute Gasteiger partial charge is 0.385 e. The van der Waals surface area contributed by atoms with E-state index >= 15 is 0 Å². The van der Waals surface area contributed by atoms with E-state index in [0.717, 1.165) is 30.2 Å². The Balaban J connectivity index is 2.44. The van der Waals surface area contributed by atoms with Crippen LogP contribution in [-0.2, 0) is 5.60 Å². The highest BCUT2D eigenvalue weighted by molar-refractivity contribution is 9.10. The Labute approximate surface area is 110 Å². The van der Waals surface area contributed by atoms with E-state index in [0.29, 0.717) is 12.0 Å². The van der Waals surface area contributed by atoms with E-state index in [1.807, 2.05) is 0 Å². The molecule has 0 spiro atoms. The van der Waals surface area contributed by atoms with Crippen molar-refractivity contribution in [2.24, 2.45) is 5.92 Å². The third kappa shape index (κ3) is 2.41.